The lowest BCUT2D eigenvalue weighted by Crippen LogP contribution is -2.44. The largest absolute Gasteiger partial charge is 0.331 e. The van der Waals surface area contributed by atoms with Crippen molar-refractivity contribution in [3.8, 4) is 0 Å². The molecule has 1 aliphatic heterocycles. The number of hydrogen-bond donors (Lipinski definition) is 1. The number of rotatable bonds is 4. The molecule has 6 nitrogen and oxygen atoms in total. The minimum atomic E-state index is -3.93. The molecule has 1 saturated heterocycles. The maximum atomic E-state index is 14.0. The van der Waals surface area contributed by atoms with E-state index in [2.05, 4.69) is 4.72 Å². The summed E-state index contributed by atoms with van der Waals surface area (Å²) in [5.41, 5.74) is 1.35. The number of benzene rings is 2. The number of hydrogen-bond acceptors (Lipinski definition) is 4. The van der Waals surface area contributed by atoms with Gasteiger partial charge in [-0.15, -0.1) is 0 Å². The minimum absolute atomic E-state index is 0.0436. The van der Waals surface area contributed by atoms with E-state index in [1.807, 2.05) is 11.8 Å². The lowest BCUT2D eigenvalue weighted by molar-refractivity contribution is 0.203. The van der Waals surface area contributed by atoms with Gasteiger partial charge < -0.3 is 4.90 Å². The van der Waals surface area contributed by atoms with Gasteiger partial charge in [0.15, 0.2) is 0 Å². The van der Waals surface area contributed by atoms with E-state index in [1.54, 1.807) is 24.3 Å². The first-order chi connectivity index (χ1) is 13.8. The molecule has 29 heavy (non-hydrogen) atoms. The fraction of sp³-hybridized carbons (Fsp3) is 0.350. The second-order valence-corrected chi connectivity index (χ2v) is 9.13. The number of urea groups is 1. The van der Waals surface area contributed by atoms with E-state index in [1.165, 1.54) is 23.1 Å². The Morgan fingerprint density at radius 2 is 1.83 bits per heavy atom. The molecular weight excluding hydrogens is 417 g/mol. The van der Waals surface area contributed by atoms with Crippen LogP contribution in [0, 0.1) is 12.7 Å². The maximum Gasteiger partial charge on any atom is 0.331 e. The third kappa shape index (κ3) is 5.46. The normalized spacial score (nSPS) is 15.8. The van der Waals surface area contributed by atoms with Gasteiger partial charge in [0.05, 0.1) is 4.90 Å². The predicted octanol–water partition coefficient (Wildman–Crippen LogP) is 3.39. The summed E-state index contributed by atoms with van der Waals surface area (Å²) < 4.78 is 41.0. The molecule has 0 atom stereocenters. The van der Waals surface area contributed by atoms with Crippen LogP contribution in [-0.2, 0) is 16.6 Å². The van der Waals surface area contributed by atoms with Crippen molar-refractivity contribution in [2.75, 3.05) is 26.2 Å². The fourth-order valence-corrected chi connectivity index (χ4v) is 4.39. The number of nitrogens with one attached hydrogen (secondary N) is 1. The summed E-state index contributed by atoms with van der Waals surface area (Å²) in [5.74, 6) is -0.361. The number of sulfonamides is 1. The predicted molar refractivity (Wildman–Crippen MR) is 110 cm³/mol. The summed E-state index contributed by atoms with van der Waals surface area (Å²) in [6.45, 7) is 4.08. The van der Waals surface area contributed by atoms with Crippen LogP contribution in [0.1, 0.15) is 17.5 Å². The van der Waals surface area contributed by atoms with Gasteiger partial charge in [0.25, 0.3) is 10.0 Å². The Morgan fingerprint density at radius 1 is 1.10 bits per heavy atom. The first kappa shape index (κ1) is 21.5. The third-order valence-corrected chi connectivity index (χ3v) is 6.56. The van der Waals surface area contributed by atoms with Crippen LogP contribution < -0.4 is 4.72 Å². The molecule has 0 aliphatic carbocycles. The third-order valence-electron chi connectivity index (χ3n) is 4.87. The Bertz CT molecular complexity index is 963. The van der Waals surface area contributed by atoms with Gasteiger partial charge in [-0.25, -0.2) is 22.3 Å². The molecule has 2 amide bonds. The van der Waals surface area contributed by atoms with E-state index in [4.69, 9.17) is 11.6 Å². The second kappa shape index (κ2) is 9.11. The number of carbonyl (C=O) groups excluding carboxylic acids is 1. The van der Waals surface area contributed by atoms with Gasteiger partial charge in [0, 0.05) is 43.3 Å². The number of halogens is 2. The first-order valence-corrected chi connectivity index (χ1v) is 11.2. The molecule has 1 aliphatic rings. The van der Waals surface area contributed by atoms with E-state index in [0.717, 1.165) is 5.56 Å². The van der Waals surface area contributed by atoms with E-state index in [-0.39, 0.29) is 10.7 Å². The van der Waals surface area contributed by atoms with Gasteiger partial charge in [-0.2, -0.15) is 0 Å². The highest BCUT2D eigenvalue weighted by atomic mass is 35.5. The van der Waals surface area contributed by atoms with Crippen LogP contribution in [0.15, 0.2) is 47.4 Å². The van der Waals surface area contributed by atoms with Crippen molar-refractivity contribution in [2.24, 2.45) is 0 Å². The lowest BCUT2D eigenvalue weighted by atomic mass is 10.2. The van der Waals surface area contributed by atoms with Gasteiger partial charge in [-0.3, -0.25) is 4.90 Å². The first-order valence-electron chi connectivity index (χ1n) is 9.30. The lowest BCUT2D eigenvalue weighted by Gasteiger charge is -2.22. The zero-order valence-corrected chi connectivity index (χ0v) is 17.6. The molecule has 1 fully saturated rings. The zero-order valence-electron chi connectivity index (χ0n) is 16.1. The fourth-order valence-electron chi connectivity index (χ4n) is 3.19. The number of nitrogens with zero attached hydrogens (tertiary/aromatic N) is 2. The van der Waals surface area contributed by atoms with Crippen LogP contribution in [0.25, 0.3) is 0 Å². The zero-order chi connectivity index (χ0) is 21.0. The average Bonchev–Trinajstić information content (AvgIpc) is 2.90. The molecule has 0 radical (unpaired) electrons. The van der Waals surface area contributed by atoms with Crippen LogP contribution in [0.4, 0.5) is 9.18 Å². The van der Waals surface area contributed by atoms with E-state index >= 15 is 0 Å². The van der Waals surface area contributed by atoms with Crippen molar-refractivity contribution in [2.45, 2.75) is 24.8 Å². The Labute approximate surface area is 175 Å². The van der Waals surface area contributed by atoms with E-state index < -0.39 is 16.1 Å². The Balaban J connectivity index is 1.61. The molecule has 0 unspecified atom stereocenters. The minimum Gasteiger partial charge on any atom is -0.323 e. The molecular formula is C20H23ClFN3O3S. The van der Waals surface area contributed by atoms with Gasteiger partial charge in [0.2, 0.25) is 0 Å². The molecule has 0 spiro atoms. The van der Waals surface area contributed by atoms with E-state index in [0.29, 0.717) is 49.7 Å². The standard InChI is InChI=1S/C20H23ClFN3O3S/c1-15-6-8-16(9-7-15)29(27,28)23-20(26)25-11-3-10-24(12-13-25)14-17-18(21)4-2-5-19(17)22/h2,4-9H,3,10-14H2,1H3,(H,23,26). The van der Waals surface area contributed by atoms with Gasteiger partial charge in [-0.05, 0) is 37.6 Å². The molecule has 2 aromatic carbocycles. The van der Waals surface area contributed by atoms with Crippen molar-refractivity contribution in [3.63, 3.8) is 0 Å². The molecule has 2 aromatic rings. The average molecular weight is 440 g/mol. The highest BCUT2D eigenvalue weighted by molar-refractivity contribution is 7.90. The van der Waals surface area contributed by atoms with Crippen molar-refractivity contribution in [1.82, 2.24) is 14.5 Å². The topological polar surface area (TPSA) is 69.7 Å². The van der Waals surface area contributed by atoms with Crippen LogP contribution in [0.5, 0.6) is 0 Å². The Kier molecular flexibility index (Phi) is 6.77. The molecule has 0 bridgehead atoms. The summed E-state index contributed by atoms with van der Waals surface area (Å²) in [6.07, 6.45) is 0.643. The molecule has 3 rings (SSSR count). The van der Waals surface area contributed by atoms with Gasteiger partial charge >= 0.3 is 6.03 Å². The number of aryl methyl sites for hydroxylation is 1. The summed E-state index contributed by atoms with van der Waals surface area (Å²) in [5, 5.41) is 0.369. The van der Waals surface area contributed by atoms with Gasteiger partial charge in [0.1, 0.15) is 5.82 Å². The molecule has 1 N–H and O–H groups in total. The summed E-state index contributed by atoms with van der Waals surface area (Å²) >= 11 is 6.10. The van der Waals surface area contributed by atoms with Gasteiger partial charge in [-0.1, -0.05) is 35.4 Å². The SMILES string of the molecule is Cc1ccc(S(=O)(=O)NC(=O)N2CCCN(Cc3c(F)cccc3Cl)CC2)cc1. The molecule has 1 heterocycles. The quantitative estimate of drug-likeness (QED) is 0.792. The summed E-state index contributed by atoms with van der Waals surface area (Å²) in [6, 6.07) is 10.2. The summed E-state index contributed by atoms with van der Waals surface area (Å²) in [7, 11) is -3.93. The highest BCUT2D eigenvalue weighted by Crippen LogP contribution is 2.21. The smallest absolute Gasteiger partial charge is 0.323 e. The van der Waals surface area contributed by atoms with Crippen LogP contribution in [0.3, 0.4) is 0 Å². The maximum absolute atomic E-state index is 14.0. The Morgan fingerprint density at radius 3 is 2.52 bits per heavy atom. The van der Waals surface area contributed by atoms with E-state index in [9.17, 15) is 17.6 Å². The van der Waals surface area contributed by atoms with Crippen molar-refractivity contribution >= 4 is 27.7 Å². The molecule has 0 aromatic heterocycles. The number of carbonyl (C=O) groups is 1. The number of amides is 2. The Hall–Kier alpha value is -2.16. The van der Waals surface area contributed by atoms with Crippen LogP contribution in [0.2, 0.25) is 5.02 Å². The van der Waals surface area contributed by atoms with Crippen molar-refractivity contribution in [1.29, 1.82) is 0 Å². The monoisotopic (exact) mass is 439 g/mol. The van der Waals surface area contributed by atoms with Crippen LogP contribution >= 0.6 is 11.6 Å². The molecule has 0 saturated carbocycles. The van der Waals surface area contributed by atoms with Crippen molar-refractivity contribution in [3.05, 3.63) is 64.4 Å². The summed E-state index contributed by atoms with van der Waals surface area (Å²) in [4.78, 5) is 16.0. The second-order valence-electron chi connectivity index (χ2n) is 7.04. The van der Waals surface area contributed by atoms with Crippen LogP contribution in [-0.4, -0.2) is 50.4 Å². The molecule has 156 valence electrons. The van der Waals surface area contributed by atoms with Crippen molar-refractivity contribution < 1.29 is 17.6 Å². The molecule has 9 heteroatoms. The highest BCUT2D eigenvalue weighted by Gasteiger charge is 2.24.